The third-order valence-corrected chi connectivity index (χ3v) is 3.50. The van der Waals surface area contributed by atoms with E-state index in [0.29, 0.717) is 6.04 Å². The number of halogens is 1. The minimum absolute atomic E-state index is 0.168. The average molecular weight is 287 g/mol. The van der Waals surface area contributed by atoms with Crippen molar-refractivity contribution in [2.75, 3.05) is 13.7 Å². The monoisotopic (exact) mass is 287 g/mol. The molecule has 0 amide bonds. The van der Waals surface area contributed by atoms with E-state index >= 15 is 0 Å². The largest absolute Gasteiger partial charge is 0.497 e. The highest BCUT2D eigenvalue weighted by molar-refractivity contribution is 5.27. The Morgan fingerprint density at radius 3 is 2.52 bits per heavy atom. The molecule has 1 N–H and O–H groups in total. The molecular weight excluding hydrogens is 265 g/mol. The smallest absolute Gasteiger partial charge is 0.123 e. The molecule has 0 saturated heterocycles. The van der Waals surface area contributed by atoms with Gasteiger partial charge in [0.15, 0.2) is 0 Å². The first-order valence-corrected chi connectivity index (χ1v) is 7.28. The molecule has 21 heavy (non-hydrogen) atoms. The minimum Gasteiger partial charge on any atom is -0.497 e. The number of benzene rings is 2. The van der Waals surface area contributed by atoms with Crippen LogP contribution in [0.15, 0.2) is 48.5 Å². The summed E-state index contributed by atoms with van der Waals surface area (Å²) in [4.78, 5) is 0. The number of nitrogens with one attached hydrogen (secondary N) is 1. The molecule has 0 aliphatic carbocycles. The fraction of sp³-hybridized carbons (Fsp3) is 0.333. The van der Waals surface area contributed by atoms with E-state index in [9.17, 15) is 4.39 Å². The third kappa shape index (κ3) is 5.20. The normalized spacial score (nSPS) is 12.1. The van der Waals surface area contributed by atoms with Crippen LogP contribution < -0.4 is 10.1 Å². The van der Waals surface area contributed by atoms with Gasteiger partial charge in [0.1, 0.15) is 11.6 Å². The highest BCUT2D eigenvalue weighted by atomic mass is 19.1. The molecule has 0 bridgehead atoms. The number of rotatable bonds is 7. The number of methoxy groups -OCH3 is 1. The Kier molecular flexibility index (Phi) is 5.76. The van der Waals surface area contributed by atoms with E-state index in [-0.39, 0.29) is 5.82 Å². The van der Waals surface area contributed by atoms with Crippen molar-refractivity contribution in [1.82, 2.24) is 5.32 Å². The second-order valence-corrected chi connectivity index (χ2v) is 5.29. The lowest BCUT2D eigenvalue weighted by molar-refractivity contribution is 0.414. The number of ether oxygens (including phenoxy) is 1. The van der Waals surface area contributed by atoms with Gasteiger partial charge >= 0.3 is 0 Å². The Balaban J connectivity index is 1.75. The summed E-state index contributed by atoms with van der Waals surface area (Å²) < 4.78 is 18.2. The quantitative estimate of drug-likeness (QED) is 0.840. The molecular formula is C18H22FNO. The second kappa shape index (κ2) is 7.79. The maximum absolute atomic E-state index is 13.1. The lowest BCUT2D eigenvalue weighted by atomic mass is 10.1. The molecule has 2 nitrogen and oxygen atoms in total. The first-order valence-electron chi connectivity index (χ1n) is 7.28. The van der Waals surface area contributed by atoms with E-state index in [4.69, 9.17) is 4.74 Å². The van der Waals surface area contributed by atoms with Gasteiger partial charge < -0.3 is 10.1 Å². The molecule has 112 valence electrons. The maximum atomic E-state index is 13.1. The molecule has 0 spiro atoms. The van der Waals surface area contributed by atoms with Crippen molar-refractivity contribution in [2.45, 2.75) is 25.8 Å². The molecule has 0 saturated carbocycles. The van der Waals surface area contributed by atoms with Crippen molar-refractivity contribution < 1.29 is 9.13 Å². The predicted octanol–water partition coefficient (Wildman–Crippen LogP) is 3.60. The highest BCUT2D eigenvalue weighted by Crippen LogP contribution is 2.12. The third-order valence-electron chi connectivity index (χ3n) is 3.50. The van der Waals surface area contributed by atoms with Crippen LogP contribution in [-0.2, 0) is 12.8 Å². The zero-order valence-corrected chi connectivity index (χ0v) is 12.6. The SMILES string of the molecule is COc1ccc(C[C@H](C)NCCc2cccc(F)c2)cc1. The van der Waals surface area contributed by atoms with Crippen molar-refractivity contribution in [1.29, 1.82) is 0 Å². The molecule has 2 rings (SSSR count). The number of hydrogen-bond acceptors (Lipinski definition) is 2. The van der Waals surface area contributed by atoms with E-state index in [1.54, 1.807) is 19.2 Å². The van der Waals surface area contributed by atoms with Gasteiger partial charge in [-0.2, -0.15) is 0 Å². The van der Waals surface area contributed by atoms with Crippen molar-refractivity contribution in [3.63, 3.8) is 0 Å². The summed E-state index contributed by atoms with van der Waals surface area (Å²) >= 11 is 0. The average Bonchev–Trinajstić information content (AvgIpc) is 2.48. The van der Waals surface area contributed by atoms with Crippen LogP contribution in [0.1, 0.15) is 18.1 Å². The summed E-state index contributed by atoms with van der Waals surface area (Å²) in [6.45, 7) is 3.01. The lowest BCUT2D eigenvalue weighted by Crippen LogP contribution is -2.29. The summed E-state index contributed by atoms with van der Waals surface area (Å²) in [6.07, 6.45) is 1.80. The van der Waals surface area contributed by atoms with Crippen LogP contribution in [0.5, 0.6) is 5.75 Å². The topological polar surface area (TPSA) is 21.3 Å². The van der Waals surface area contributed by atoms with Gasteiger partial charge in [0.05, 0.1) is 7.11 Å². The second-order valence-electron chi connectivity index (χ2n) is 5.29. The zero-order valence-electron chi connectivity index (χ0n) is 12.6. The van der Waals surface area contributed by atoms with E-state index in [1.165, 1.54) is 11.6 Å². The Hall–Kier alpha value is -1.87. The van der Waals surface area contributed by atoms with Gasteiger partial charge in [-0.05, 0) is 61.7 Å². The predicted molar refractivity (Wildman–Crippen MR) is 84.3 cm³/mol. The Bertz CT molecular complexity index is 553. The van der Waals surface area contributed by atoms with Gasteiger partial charge in [0.2, 0.25) is 0 Å². The van der Waals surface area contributed by atoms with Gasteiger partial charge in [-0.25, -0.2) is 4.39 Å². The van der Waals surface area contributed by atoms with Crippen LogP contribution >= 0.6 is 0 Å². The summed E-state index contributed by atoms with van der Waals surface area (Å²) in [5, 5.41) is 3.47. The Morgan fingerprint density at radius 2 is 1.86 bits per heavy atom. The number of hydrogen-bond donors (Lipinski definition) is 1. The molecule has 3 heteroatoms. The van der Waals surface area contributed by atoms with Crippen molar-refractivity contribution in [3.05, 3.63) is 65.5 Å². The molecule has 0 aromatic heterocycles. The zero-order chi connectivity index (χ0) is 15.1. The molecule has 0 aliphatic heterocycles. The van der Waals surface area contributed by atoms with Crippen LogP contribution in [0, 0.1) is 5.82 Å². The minimum atomic E-state index is -0.168. The van der Waals surface area contributed by atoms with Crippen LogP contribution in [0.2, 0.25) is 0 Å². The fourth-order valence-electron chi connectivity index (χ4n) is 2.34. The molecule has 0 unspecified atom stereocenters. The summed E-state index contributed by atoms with van der Waals surface area (Å²) in [5.41, 5.74) is 2.31. The lowest BCUT2D eigenvalue weighted by Gasteiger charge is -2.14. The Morgan fingerprint density at radius 1 is 1.10 bits per heavy atom. The van der Waals surface area contributed by atoms with Gasteiger partial charge in [0.25, 0.3) is 0 Å². The van der Waals surface area contributed by atoms with Crippen molar-refractivity contribution in [2.24, 2.45) is 0 Å². The van der Waals surface area contributed by atoms with Crippen molar-refractivity contribution in [3.8, 4) is 5.75 Å². The highest BCUT2D eigenvalue weighted by Gasteiger charge is 2.04. The van der Waals surface area contributed by atoms with Gasteiger partial charge in [0, 0.05) is 6.04 Å². The van der Waals surface area contributed by atoms with E-state index in [2.05, 4.69) is 24.4 Å². The molecule has 1 atom stereocenters. The summed E-state index contributed by atoms with van der Waals surface area (Å²) in [6, 6.07) is 15.3. The molecule has 2 aromatic carbocycles. The first-order chi connectivity index (χ1) is 10.2. The van der Waals surface area contributed by atoms with Crippen LogP contribution in [-0.4, -0.2) is 19.7 Å². The van der Waals surface area contributed by atoms with Gasteiger partial charge in [-0.1, -0.05) is 24.3 Å². The van der Waals surface area contributed by atoms with E-state index in [0.717, 1.165) is 30.7 Å². The van der Waals surface area contributed by atoms with Crippen LogP contribution in [0.25, 0.3) is 0 Å². The fourth-order valence-corrected chi connectivity index (χ4v) is 2.34. The molecule has 0 fully saturated rings. The van der Waals surface area contributed by atoms with E-state index < -0.39 is 0 Å². The van der Waals surface area contributed by atoms with Gasteiger partial charge in [-0.15, -0.1) is 0 Å². The van der Waals surface area contributed by atoms with Crippen LogP contribution in [0.4, 0.5) is 4.39 Å². The maximum Gasteiger partial charge on any atom is 0.123 e. The standard InChI is InChI=1S/C18H22FNO/c1-14(12-16-6-8-18(21-2)9-7-16)20-11-10-15-4-3-5-17(19)13-15/h3-9,13-14,20H,10-12H2,1-2H3/t14-/m0/s1. The van der Waals surface area contributed by atoms with Gasteiger partial charge in [-0.3, -0.25) is 0 Å². The summed E-state index contributed by atoms with van der Waals surface area (Å²) in [5.74, 6) is 0.712. The molecule has 2 aromatic rings. The first kappa shape index (κ1) is 15.5. The Labute approximate surface area is 126 Å². The molecule has 0 aliphatic rings. The van der Waals surface area contributed by atoms with Crippen molar-refractivity contribution >= 4 is 0 Å². The van der Waals surface area contributed by atoms with Crippen LogP contribution in [0.3, 0.4) is 0 Å². The van der Waals surface area contributed by atoms with E-state index in [1.807, 2.05) is 18.2 Å². The summed E-state index contributed by atoms with van der Waals surface area (Å²) in [7, 11) is 1.67. The molecule has 0 heterocycles. The molecule has 0 radical (unpaired) electrons.